The number of hydrogen-bond acceptors (Lipinski definition) is 2. The predicted octanol–water partition coefficient (Wildman–Crippen LogP) is 0.174. The molecule has 0 atom stereocenters. The van der Waals surface area contributed by atoms with Crippen LogP contribution in [0.4, 0.5) is 0 Å². The molecule has 0 saturated carbocycles. The van der Waals surface area contributed by atoms with Crippen molar-refractivity contribution in [1.82, 2.24) is 0 Å². The van der Waals surface area contributed by atoms with E-state index in [1.807, 2.05) is 0 Å². The normalized spacial score (nSPS) is 7.00. The van der Waals surface area contributed by atoms with Gasteiger partial charge in [0.05, 0.1) is 0 Å². The maximum atomic E-state index is 9.56. The summed E-state index contributed by atoms with van der Waals surface area (Å²) in [7, 11) is 0. The third-order valence-electron chi connectivity index (χ3n) is 0.644. The summed E-state index contributed by atoms with van der Waals surface area (Å²) in [6.45, 7) is 0. The first kappa shape index (κ1) is 11.0. The highest BCUT2D eigenvalue weighted by Gasteiger charge is 1.80. The molecule has 3 heteroatoms. The Morgan fingerprint density at radius 2 is 1.38 bits per heavy atom. The molecule has 2 radical (unpaired) electrons. The Hall–Kier alpha value is 0.106. The fraction of sp³-hybridized carbons (Fsp3) is 0.600. The number of carbonyl (C=O) groups excluding carboxylic acids is 2. The lowest BCUT2D eigenvalue weighted by molar-refractivity contribution is -0.108. The zero-order valence-electron chi connectivity index (χ0n) is 4.80. The summed E-state index contributed by atoms with van der Waals surface area (Å²) < 4.78 is 0. The summed E-state index contributed by atoms with van der Waals surface area (Å²) in [6, 6.07) is 0. The van der Waals surface area contributed by atoms with Crippen molar-refractivity contribution in [1.29, 1.82) is 0 Å². The Morgan fingerprint density at radius 3 is 1.62 bits per heavy atom. The van der Waals surface area contributed by atoms with E-state index in [1.165, 1.54) is 0 Å². The Labute approximate surface area is 64.8 Å². The maximum absolute atomic E-state index is 9.56. The molecule has 0 N–H and O–H groups in total. The van der Waals surface area contributed by atoms with Gasteiger partial charge >= 0.3 is 0 Å². The van der Waals surface area contributed by atoms with Crippen LogP contribution in [0.25, 0.3) is 0 Å². The van der Waals surface area contributed by atoms with E-state index in [1.54, 1.807) is 0 Å². The lowest BCUT2D eigenvalue weighted by atomic mass is 10.3. The topological polar surface area (TPSA) is 34.1 Å². The van der Waals surface area contributed by atoms with Crippen LogP contribution in [0.5, 0.6) is 0 Å². The second kappa shape index (κ2) is 10.2. The molecule has 0 aromatic heterocycles. The summed E-state index contributed by atoms with van der Waals surface area (Å²) in [5, 5.41) is 0. The van der Waals surface area contributed by atoms with Crippen molar-refractivity contribution in [2.75, 3.05) is 0 Å². The zero-order chi connectivity index (χ0) is 5.54. The van der Waals surface area contributed by atoms with Gasteiger partial charge in [0.2, 0.25) is 0 Å². The average molecular weight is 124 g/mol. The van der Waals surface area contributed by atoms with Crippen LogP contribution in [0.1, 0.15) is 19.3 Å². The molecule has 0 spiro atoms. The molecule has 0 aliphatic rings. The predicted molar refractivity (Wildman–Crippen MR) is 31.7 cm³/mol. The lowest BCUT2D eigenvalue weighted by Crippen LogP contribution is -1.76. The zero-order valence-corrected chi connectivity index (χ0v) is 6.21. The minimum Gasteiger partial charge on any atom is -0.303 e. The van der Waals surface area contributed by atoms with Crippen LogP contribution < -0.4 is 0 Å². The fourth-order valence-corrected chi connectivity index (χ4v) is 0.285. The minimum atomic E-state index is 0. The molecule has 0 bridgehead atoms. The molecule has 0 amide bonds. The van der Waals surface area contributed by atoms with Crippen LogP contribution >= 0.6 is 0 Å². The minimum absolute atomic E-state index is 0. The van der Waals surface area contributed by atoms with E-state index in [4.69, 9.17) is 0 Å². The van der Waals surface area contributed by atoms with Gasteiger partial charge in [-0.2, -0.15) is 0 Å². The van der Waals surface area contributed by atoms with E-state index in [9.17, 15) is 9.59 Å². The standard InChI is InChI=1S/C5H8O2.Mg/c6-4-2-1-3-5-7;/h4-5H,1-3H2;. The number of aldehydes is 2. The molecule has 0 aromatic rings. The van der Waals surface area contributed by atoms with E-state index in [0.717, 1.165) is 12.6 Å². The summed E-state index contributed by atoms with van der Waals surface area (Å²) in [5.74, 6) is 0. The molecule has 0 aliphatic heterocycles. The smallest absolute Gasteiger partial charge is 0.120 e. The Morgan fingerprint density at radius 1 is 1.00 bits per heavy atom. The van der Waals surface area contributed by atoms with Gasteiger partial charge in [-0.3, -0.25) is 0 Å². The van der Waals surface area contributed by atoms with Crippen molar-refractivity contribution in [3.8, 4) is 0 Å². The molecule has 0 saturated heterocycles. The maximum Gasteiger partial charge on any atom is 0.120 e. The van der Waals surface area contributed by atoms with Crippen molar-refractivity contribution >= 4 is 35.6 Å². The largest absolute Gasteiger partial charge is 0.303 e. The first-order chi connectivity index (χ1) is 3.41. The molecular formula is C5H8MgO2. The summed E-state index contributed by atoms with van der Waals surface area (Å²) in [4.78, 5) is 19.1. The highest BCUT2D eigenvalue weighted by atomic mass is 24.3. The number of carbonyl (C=O) groups is 2. The van der Waals surface area contributed by atoms with E-state index >= 15 is 0 Å². The van der Waals surface area contributed by atoms with Crippen LogP contribution in [0, 0.1) is 0 Å². The molecular weight excluding hydrogens is 116 g/mol. The molecule has 8 heavy (non-hydrogen) atoms. The third-order valence-corrected chi connectivity index (χ3v) is 0.644. The first-order valence-electron chi connectivity index (χ1n) is 2.29. The van der Waals surface area contributed by atoms with Crippen molar-refractivity contribution in [3.05, 3.63) is 0 Å². The molecule has 0 aliphatic carbocycles. The summed E-state index contributed by atoms with van der Waals surface area (Å²) >= 11 is 0. The van der Waals surface area contributed by atoms with Gasteiger partial charge in [-0.25, -0.2) is 0 Å². The summed E-state index contributed by atoms with van der Waals surface area (Å²) in [6.07, 6.45) is 3.37. The van der Waals surface area contributed by atoms with Gasteiger partial charge in [0, 0.05) is 35.9 Å². The number of rotatable bonds is 4. The molecule has 0 unspecified atom stereocenters. The van der Waals surface area contributed by atoms with Crippen LogP contribution in [0.15, 0.2) is 0 Å². The van der Waals surface area contributed by atoms with Crippen LogP contribution in [-0.2, 0) is 9.59 Å². The van der Waals surface area contributed by atoms with Gasteiger partial charge in [-0.15, -0.1) is 0 Å². The van der Waals surface area contributed by atoms with Gasteiger partial charge < -0.3 is 9.59 Å². The van der Waals surface area contributed by atoms with Gasteiger partial charge in [-0.1, -0.05) is 0 Å². The van der Waals surface area contributed by atoms with E-state index in [2.05, 4.69) is 0 Å². The number of hydrogen-bond donors (Lipinski definition) is 0. The summed E-state index contributed by atoms with van der Waals surface area (Å²) in [5.41, 5.74) is 0. The van der Waals surface area contributed by atoms with Crippen molar-refractivity contribution in [2.45, 2.75) is 19.3 Å². The van der Waals surface area contributed by atoms with Crippen molar-refractivity contribution in [2.24, 2.45) is 0 Å². The van der Waals surface area contributed by atoms with E-state index in [-0.39, 0.29) is 23.1 Å². The molecule has 2 nitrogen and oxygen atoms in total. The Kier molecular flexibility index (Phi) is 13.9. The number of unbranched alkanes of at least 4 members (excludes halogenated alkanes) is 2. The van der Waals surface area contributed by atoms with Crippen molar-refractivity contribution in [3.63, 3.8) is 0 Å². The second-order valence-corrected chi connectivity index (χ2v) is 1.26. The molecule has 42 valence electrons. The van der Waals surface area contributed by atoms with E-state index in [0.29, 0.717) is 19.3 Å². The SMILES string of the molecule is O=CCCCC=O.[Mg]. The third kappa shape index (κ3) is 9.44. The van der Waals surface area contributed by atoms with Crippen molar-refractivity contribution < 1.29 is 9.59 Å². The Bertz CT molecular complexity index is 55.4. The molecule has 0 heterocycles. The van der Waals surface area contributed by atoms with Crippen LogP contribution in [0.2, 0.25) is 0 Å². The highest BCUT2D eigenvalue weighted by molar-refractivity contribution is 5.75. The van der Waals surface area contributed by atoms with E-state index < -0.39 is 0 Å². The highest BCUT2D eigenvalue weighted by Crippen LogP contribution is 1.85. The van der Waals surface area contributed by atoms with Gasteiger partial charge in [0.15, 0.2) is 0 Å². The van der Waals surface area contributed by atoms with Gasteiger partial charge in [0.25, 0.3) is 0 Å². The molecule has 0 rings (SSSR count). The molecule has 0 aromatic carbocycles. The quantitative estimate of drug-likeness (QED) is 0.304. The monoisotopic (exact) mass is 124 g/mol. The fourth-order valence-electron chi connectivity index (χ4n) is 0.285. The van der Waals surface area contributed by atoms with Crippen LogP contribution in [-0.4, -0.2) is 35.6 Å². The first-order valence-corrected chi connectivity index (χ1v) is 2.29. The Balaban J connectivity index is 0. The second-order valence-electron chi connectivity index (χ2n) is 1.26. The molecule has 0 fully saturated rings. The van der Waals surface area contributed by atoms with Gasteiger partial charge in [0.1, 0.15) is 12.6 Å². The average Bonchev–Trinajstić information content (AvgIpc) is 1.69. The van der Waals surface area contributed by atoms with Crippen LogP contribution in [0.3, 0.4) is 0 Å². The lowest BCUT2D eigenvalue weighted by Gasteiger charge is -1.78. The van der Waals surface area contributed by atoms with Gasteiger partial charge in [-0.05, 0) is 6.42 Å².